The van der Waals surface area contributed by atoms with Gasteiger partial charge in [0, 0.05) is 37.8 Å². The molecule has 3 aromatic rings. The average Bonchev–Trinajstić information content (AvgIpc) is 2.99. The summed E-state index contributed by atoms with van der Waals surface area (Å²) in [5, 5.41) is 6.40. The SMILES string of the molecule is CN(C)C(=O)COc1ccc2ncc(F)c(CCC34CCC(NCc5ccc6c(n5)NC(=O)CO6)(CC3)CO4)c2n1. The number of nitrogens with zero attached hydrogens (tertiary/aromatic N) is 4. The minimum Gasteiger partial charge on any atom is -0.480 e. The number of amides is 2. The van der Waals surface area contributed by atoms with Crippen molar-refractivity contribution in [2.24, 2.45) is 0 Å². The molecule has 7 rings (SSSR count). The van der Waals surface area contributed by atoms with Gasteiger partial charge < -0.3 is 29.7 Å². The van der Waals surface area contributed by atoms with Gasteiger partial charge in [0.1, 0.15) is 5.82 Å². The average molecular weight is 565 g/mol. The minimum atomic E-state index is -0.412. The first kappa shape index (κ1) is 27.3. The second-order valence-corrected chi connectivity index (χ2v) is 11.3. The number of pyridine rings is 3. The lowest BCUT2D eigenvalue weighted by molar-refractivity contribution is -0.165. The van der Waals surface area contributed by atoms with Crippen LogP contribution < -0.4 is 20.1 Å². The number of hydrogen-bond donors (Lipinski definition) is 2. The van der Waals surface area contributed by atoms with Crippen LogP contribution in [0.15, 0.2) is 30.5 Å². The maximum absolute atomic E-state index is 15.0. The fraction of sp³-hybridized carbons (Fsp3) is 0.483. The van der Waals surface area contributed by atoms with Gasteiger partial charge in [0.05, 0.1) is 35.1 Å². The Labute approximate surface area is 236 Å². The molecule has 1 saturated carbocycles. The van der Waals surface area contributed by atoms with Gasteiger partial charge >= 0.3 is 0 Å². The Kier molecular flexibility index (Phi) is 7.20. The van der Waals surface area contributed by atoms with E-state index in [1.807, 2.05) is 12.1 Å². The Bertz CT molecular complexity index is 1470. The zero-order chi connectivity index (χ0) is 28.6. The number of halogens is 1. The van der Waals surface area contributed by atoms with Crippen LogP contribution in [0.4, 0.5) is 10.2 Å². The van der Waals surface area contributed by atoms with Crippen LogP contribution >= 0.6 is 0 Å². The van der Waals surface area contributed by atoms with Gasteiger partial charge in [0.25, 0.3) is 11.8 Å². The molecule has 3 aliphatic heterocycles. The summed E-state index contributed by atoms with van der Waals surface area (Å²) in [6.45, 7) is 0.963. The van der Waals surface area contributed by atoms with E-state index in [4.69, 9.17) is 14.2 Å². The van der Waals surface area contributed by atoms with Gasteiger partial charge in [-0.15, -0.1) is 0 Å². The van der Waals surface area contributed by atoms with Crippen molar-refractivity contribution >= 4 is 28.7 Å². The molecule has 216 valence electrons. The van der Waals surface area contributed by atoms with E-state index >= 15 is 4.39 Å². The largest absolute Gasteiger partial charge is 0.480 e. The number of likely N-dealkylation sites (N-methyl/N-ethyl adjacent to an activating group) is 1. The molecule has 2 amide bonds. The molecule has 4 aliphatic rings. The number of ether oxygens (including phenoxy) is 3. The second kappa shape index (κ2) is 10.8. The van der Waals surface area contributed by atoms with E-state index < -0.39 is 5.82 Å². The van der Waals surface area contributed by atoms with Crippen molar-refractivity contribution in [3.8, 4) is 11.6 Å². The predicted octanol–water partition coefficient (Wildman–Crippen LogP) is 2.77. The number of hydrogen-bond acceptors (Lipinski definition) is 9. The normalized spacial score (nSPS) is 23.0. The third-order valence-corrected chi connectivity index (χ3v) is 8.36. The Morgan fingerprint density at radius 2 is 2.00 bits per heavy atom. The van der Waals surface area contributed by atoms with Crippen molar-refractivity contribution in [2.45, 2.75) is 56.2 Å². The summed E-state index contributed by atoms with van der Waals surface area (Å²) >= 11 is 0. The zero-order valence-electron chi connectivity index (χ0n) is 23.2. The molecule has 41 heavy (non-hydrogen) atoms. The first-order valence-electron chi connectivity index (χ1n) is 13.8. The monoisotopic (exact) mass is 564 g/mol. The smallest absolute Gasteiger partial charge is 0.263 e. The molecule has 0 spiro atoms. The van der Waals surface area contributed by atoms with E-state index in [0.29, 0.717) is 54.2 Å². The highest BCUT2D eigenvalue weighted by Crippen LogP contribution is 2.46. The molecule has 12 heteroatoms. The molecule has 0 atom stereocenters. The molecule has 2 bridgehead atoms. The van der Waals surface area contributed by atoms with Crippen molar-refractivity contribution in [1.29, 1.82) is 0 Å². The number of nitrogens with one attached hydrogen (secondary N) is 2. The molecule has 0 radical (unpaired) electrons. The summed E-state index contributed by atoms with van der Waals surface area (Å²) in [4.78, 5) is 38.2. The number of carbonyl (C=O) groups excluding carboxylic acids is 2. The van der Waals surface area contributed by atoms with E-state index in [1.165, 1.54) is 11.1 Å². The third kappa shape index (κ3) is 5.66. The van der Waals surface area contributed by atoms with Crippen LogP contribution in [-0.4, -0.2) is 76.7 Å². The summed E-state index contributed by atoms with van der Waals surface area (Å²) in [6.07, 6.45) is 5.95. The van der Waals surface area contributed by atoms with E-state index in [9.17, 15) is 9.59 Å². The van der Waals surface area contributed by atoms with Crippen LogP contribution in [0, 0.1) is 5.82 Å². The van der Waals surface area contributed by atoms with E-state index in [2.05, 4.69) is 25.6 Å². The standard InChI is InChI=1S/C29H33FN6O5/c1-36(2)25(38)16-40-24-6-4-21-26(35-24)19(20(30)14-31-21)7-8-29-11-9-28(10-12-29,17-41-29)32-13-18-3-5-22-27(33-18)34-23(37)15-39-22/h3-6,14,32H,7-13,15-17H2,1-2H3,(H,33,34,37). The lowest BCUT2D eigenvalue weighted by Gasteiger charge is -2.53. The maximum atomic E-state index is 15.0. The van der Waals surface area contributed by atoms with Gasteiger partial charge in [-0.05, 0) is 56.7 Å². The van der Waals surface area contributed by atoms with Crippen LogP contribution in [0.3, 0.4) is 0 Å². The Morgan fingerprint density at radius 1 is 1.17 bits per heavy atom. The summed E-state index contributed by atoms with van der Waals surface area (Å²) < 4.78 is 32.4. The van der Waals surface area contributed by atoms with Gasteiger partial charge in [0.15, 0.2) is 24.8 Å². The molecule has 1 aliphatic carbocycles. The first-order valence-corrected chi connectivity index (χ1v) is 13.8. The Balaban J connectivity index is 1.08. The second-order valence-electron chi connectivity index (χ2n) is 11.3. The summed E-state index contributed by atoms with van der Waals surface area (Å²) in [5.41, 5.74) is 1.84. The van der Waals surface area contributed by atoms with Crippen LogP contribution in [0.25, 0.3) is 11.0 Å². The van der Waals surface area contributed by atoms with Crippen LogP contribution in [0.2, 0.25) is 0 Å². The summed E-state index contributed by atoms with van der Waals surface area (Å²) in [5.74, 6) is 0.468. The molecule has 3 fully saturated rings. The van der Waals surface area contributed by atoms with E-state index in [1.54, 1.807) is 26.2 Å². The topological polar surface area (TPSA) is 128 Å². The van der Waals surface area contributed by atoms with Gasteiger partial charge in [-0.3, -0.25) is 14.6 Å². The van der Waals surface area contributed by atoms with Crippen molar-refractivity contribution in [3.63, 3.8) is 0 Å². The number of anilines is 1. The van der Waals surface area contributed by atoms with Crippen molar-refractivity contribution in [1.82, 2.24) is 25.2 Å². The highest BCUT2D eigenvalue weighted by atomic mass is 19.1. The third-order valence-electron chi connectivity index (χ3n) is 8.36. The fourth-order valence-corrected chi connectivity index (χ4v) is 5.71. The van der Waals surface area contributed by atoms with E-state index in [-0.39, 0.29) is 42.0 Å². The number of aryl methyl sites for hydroxylation is 1. The first-order chi connectivity index (χ1) is 19.7. The van der Waals surface area contributed by atoms with Gasteiger partial charge in [-0.2, -0.15) is 0 Å². The van der Waals surface area contributed by atoms with Crippen molar-refractivity contribution in [2.75, 3.05) is 39.2 Å². The summed E-state index contributed by atoms with van der Waals surface area (Å²) in [6, 6.07) is 7.10. The predicted molar refractivity (Wildman–Crippen MR) is 147 cm³/mol. The van der Waals surface area contributed by atoms with Crippen LogP contribution in [0.5, 0.6) is 11.6 Å². The van der Waals surface area contributed by atoms with Crippen LogP contribution in [-0.2, 0) is 27.3 Å². The molecule has 2 N–H and O–H groups in total. The zero-order valence-corrected chi connectivity index (χ0v) is 23.2. The quantitative estimate of drug-likeness (QED) is 0.403. The molecule has 0 unspecified atom stereocenters. The van der Waals surface area contributed by atoms with Gasteiger partial charge in [-0.1, -0.05) is 0 Å². The number of carbonyl (C=O) groups is 2. The Morgan fingerprint density at radius 3 is 2.76 bits per heavy atom. The highest BCUT2D eigenvalue weighted by Gasteiger charge is 2.49. The molecular weight excluding hydrogens is 531 g/mol. The number of fused-ring (bicyclic) bond motifs is 5. The number of aromatic nitrogens is 3. The minimum absolute atomic E-state index is 0.00366. The van der Waals surface area contributed by atoms with Crippen molar-refractivity contribution in [3.05, 3.63) is 47.5 Å². The molecule has 3 aromatic heterocycles. The van der Waals surface area contributed by atoms with E-state index in [0.717, 1.165) is 31.4 Å². The molecule has 0 aromatic carbocycles. The molecule has 6 heterocycles. The Hall–Kier alpha value is -3.90. The maximum Gasteiger partial charge on any atom is 0.263 e. The fourth-order valence-electron chi connectivity index (χ4n) is 5.71. The highest BCUT2D eigenvalue weighted by molar-refractivity contribution is 5.94. The van der Waals surface area contributed by atoms with Crippen LogP contribution in [0.1, 0.15) is 43.4 Å². The molecule has 2 saturated heterocycles. The molecule has 11 nitrogen and oxygen atoms in total. The summed E-state index contributed by atoms with van der Waals surface area (Å²) in [7, 11) is 3.30. The van der Waals surface area contributed by atoms with Crippen molar-refractivity contribution < 1.29 is 28.2 Å². The van der Waals surface area contributed by atoms with Gasteiger partial charge in [0.2, 0.25) is 5.88 Å². The lowest BCUT2D eigenvalue weighted by Crippen LogP contribution is -2.61. The molecular formula is C29H33FN6O5. The van der Waals surface area contributed by atoms with Gasteiger partial charge in [-0.25, -0.2) is 14.4 Å². The number of rotatable bonds is 9. The lowest BCUT2D eigenvalue weighted by atomic mass is 9.69.